The van der Waals surface area contributed by atoms with Gasteiger partial charge < -0.3 is 4.74 Å². The van der Waals surface area contributed by atoms with Gasteiger partial charge in [-0.3, -0.25) is 0 Å². The summed E-state index contributed by atoms with van der Waals surface area (Å²) in [6.45, 7) is 2.37. The minimum atomic E-state index is -3.78. The average Bonchev–Trinajstić information content (AvgIpc) is 2.49. The van der Waals surface area contributed by atoms with E-state index in [1.807, 2.05) is 6.92 Å². The van der Waals surface area contributed by atoms with Crippen molar-refractivity contribution >= 4 is 31.6 Å². The Balaban J connectivity index is 2.75. The van der Waals surface area contributed by atoms with Crippen LogP contribution < -0.4 is 9.46 Å². The summed E-state index contributed by atoms with van der Waals surface area (Å²) in [7, 11) is -5.72. The lowest BCUT2D eigenvalue weighted by atomic mass is 10.3. The van der Waals surface area contributed by atoms with Crippen molar-refractivity contribution in [3.63, 3.8) is 0 Å². The van der Waals surface area contributed by atoms with Crippen molar-refractivity contribution in [2.45, 2.75) is 24.7 Å². The van der Waals surface area contributed by atoms with E-state index in [9.17, 15) is 16.8 Å². The molecule has 0 aromatic heterocycles. The van der Waals surface area contributed by atoms with Crippen molar-refractivity contribution in [1.29, 1.82) is 0 Å². The molecule has 138 valence electrons. The molecule has 0 saturated carbocycles. The molecule has 0 fully saturated rings. The van der Waals surface area contributed by atoms with E-state index in [1.54, 1.807) is 0 Å². The van der Waals surface area contributed by atoms with E-state index in [4.69, 9.17) is 16.3 Å². The molecular weight excluding hydrogens is 376 g/mol. The molecule has 1 N–H and O–H groups in total. The van der Waals surface area contributed by atoms with E-state index in [0.717, 1.165) is 12.7 Å². The van der Waals surface area contributed by atoms with Crippen LogP contribution in [0.1, 0.15) is 19.8 Å². The first-order valence-electron chi connectivity index (χ1n) is 7.40. The van der Waals surface area contributed by atoms with Crippen molar-refractivity contribution in [3.05, 3.63) is 23.2 Å². The quantitative estimate of drug-likeness (QED) is 0.647. The summed E-state index contributed by atoms with van der Waals surface area (Å²) in [5.41, 5.74) is 0. The molecule has 0 aliphatic carbocycles. The van der Waals surface area contributed by atoms with Crippen LogP contribution in [-0.2, 0) is 20.0 Å². The predicted molar refractivity (Wildman–Crippen MR) is 94.5 cm³/mol. The fourth-order valence-corrected chi connectivity index (χ4v) is 4.23. The number of hydrogen-bond acceptors (Lipinski definition) is 5. The SMILES string of the molecule is CCCCN(CCNS(=O)(=O)c1ccc(OC)c(Cl)c1)S(C)(=O)=O. The lowest BCUT2D eigenvalue weighted by molar-refractivity contribution is 0.408. The normalized spacial score (nSPS) is 12.5. The average molecular weight is 399 g/mol. The van der Waals surface area contributed by atoms with Gasteiger partial charge in [0, 0.05) is 19.6 Å². The Morgan fingerprint density at radius 2 is 1.88 bits per heavy atom. The van der Waals surface area contributed by atoms with Crippen LogP contribution in [0.5, 0.6) is 5.75 Å². The fourth-order valence-electron chi connectivity index (χ4n) is 1.98. The number of methoxy groups -OCH3 is 1. The smallest absolute Gasteiger partial charge is 0.240 e. The molecule has 0 radical (unpaired) electrons. The second-order valence-corrected chi connectivity index (χ2v) is 9.37. The molecule has 7 nitrogen and oxygen atoms in total. The van der Waals surface area contributed by atoms with Crippen LogP contribution in [-0.4, -0.2) is 54.1 Å². The Morgan fingerprint density at radius 1 is 1.21 bits per heavy atom. The highest BCUT2D eigenvalue weighted by molar-refractivity contribution is 7.89. The van der Waals surface area contributed by atoms with E-state index in [2.05, 4.69) is 4.72 Å². The molecule has 10 heteroatoms. The summed E-state index contributed by atoms with van der Waals surface area (Å²) in [4.78, 5) is -0.00670. The Labute approximate surface area is 149 Å². The number of benzene rings is 1. The highest BCUT2D eigenvalue weighted by atomic mass is 35.5. The molecule has 0 unspecified atom stereocenters. The van der Waals surface area contributed by atoms with Crippen LogP contribution in [0.2, 0.25) is 5.02 Å². The summed E-state index contributed by atoms with van der Waals surface area (Å²) in [5, 5.41) is 0.182. The highest BCUT2D eigenvalue weighted by Crippen LogP contribution is 2.26. The van der Waals surface area contributed by atoms with E-state index in [-0.39, 0.29) is 23.0 Å². The van der Waals surface area contributed by atoms with Crippen LogP contribution in [0.15, 0.2) is 23.1 Å². The molecule has 0 aliphatic rings. The summed E-state index contributed by atoms with van der Waals surface area (Å²) in [6.07, 6.45) is 2.68. The third-order valence-electron chi connectivity index (χ3n) is 3.32. The first-order chi connectivity index (χ1) is 11.1. The van der Waals surface area contributed by atoms with Crippen molar-refractivity contribution in [3.8, 4) is 5.75 Å². The van der Waals surface area contributed by atoms with E-state index >= 15 is 0 Å². The lowest BCUT2D eigenvalue weighted by Crippen LogP contribution is -2.38. The van der Waals surface area contributed by atoms with Gasteiger partial charge in [0.05, 0.1) is 23.3 Å². The Morgan fingerprint density at radius 3 is 2.38 bits per heavy atom. The van der Waals surface area contributed by atoms with Crippen LogP contribution in [0.4, 0.5) is 0 Å². The van der Waals surface area contributed by atoms with Gasteiger partial charge in [-0.1, -0.05) is 24.9 Å². The van der Waals surface area contributed by atoms with Gasteiger partial charge in [-0.15, -0.1) is 0 Å². The zero-order valence-electron chi connectivity index (χ0n) is 14.0. The van der Waals surface area contributed by atoms with Crippen molar-refractivity contribution in [1.82, 2.24) is 9.03 Å². The van der Waals surface area contributed by atoms with E-state index in [0.29, 0.717) is 18.7 Å². The van der Waals surface area contributed by atoms with Crippen LogP contribution in [0.25, 0.3) is 0 Å². The molecule has 0 aliphatic heterocycles. The summed E-state index contributed by atoms with van der Waals surface area (Å²) >= 11 is 5.93. The van der Waals surface area contributed by atoms with Gasteiger partial charge in [0.25, 0.3) is 0 Å². The molecule has 0 spiro atoms. The number of sulfonamides is 2. The van der Waals surface area contributed by atoms with Crippen LogP contribution in [0, 0.1) is 0 Å². The summed E-state index contributed by atoms with van der Waals surface area (Å²) in [5.74, 6) is 0.374. The molecule has 1 rings (SSSR count). The van der Waals surface area contributed by atoms with Gasteiger partial charge in [-0.05, 0) is 24.6 Å². The maximum Gasteiger partial charge on any atom is 0.240 e. The summed E-state index contributed by atoms with van der Waals surface area (Å²) < 4.78 is 56.5. The van der Waals surface area contributed by atoms with E-state index in [1.165, 1.54) is 29.6 Å². The third-order valence-corrected chi connectivity index (χ3v) is 6.37. The standard InChI is InChI=1S/C14H23ClN2O5S2/c1-4-5-9-17(23(3,18)19)10-8-16-24(20,21)12-6-7-14(22-2)13(15)11-12/h6-7,11,16H,4-5,8-10H2,1-3H3. The second kappa shape index (κ2) is 9.00. The highest BCUT2D eigenvalue weighted by Gasteiger charge is 2.19. The Bertz CT molecular complexity index is 750. The zero-order valence-corrected chi connectivity index (χ0v) is 16.3. The number of hydrogen-bond donors (Lipinski definition) is 1. The largest absolute Gasteiger partial charge is 0.495 e. The van der Waals surface area contributed by atoms with Gasteiger partial charge in [0.15, 0.2) is 0 Å². The van der Waals surface area contributed by atoms with Crippen LogP contribution >= 0.6 is 11.6 Å². The number of rotatable bonds is 10. The molecule has 0 bridgehead atoms. The summed E-state index contributed by atoms with van der Waals surface area (Å²) in [6, 6.07) is 4.12. The monoisotopic (exact) mass is 398 g/mol. The van der Waals surface area contributed by atoms with Gasteiger partial charge >= 0.3 is 0 Å². The molecule has 0 saturated heterocycles. The molecule has 0 amide bonds. The number of nitrogens with zero attached hydrogens (tertiary/aromatic N) is 1. The van der Waals surface area contributed by atoms with Crippen molar-refractivity contribution < 1.29 is 21.6 Å². The Kier molecular flexibility index (Phi) is 7.94. The predicted octanol–water partition coefficient (Wildman–Crippen LogP) is 1.69. The molecular formula is C14H23ClN2O5S2. The lowest BCUT2D eigenvalue weighted by Gasteiger charge is -2.19. The second-order valence-electron chi connectivity index (χ2n) is 5.21. The zero-order chi connectivity index (χ0) is 18.4. The number of ether oxygens (including phenoxy) is 1. The third kappa shape index (κ3) is 6.21. The van der Waals surface area contributed by atoms with Gasteiger partial charge in [-0.2, -0.15) is 0 Å². The molecule has 1 aromatic carbocycles. The van der Waals surface area contributed by atoms with Gasteiger partial charge in [0.2, 0.25) is 20.0 Å². The maximum absolute atomic E-state index is 12.3. The molecule has 1 aromatic rings. The Hall–Kier alpha value is -0.870. The minimum Gasteiger partial charge on any atom is -0.495 e. The fraction of sp³-hybridized carbons (Fsp3) is 0.571. The molecule has 0 heterocycles. The van der Waals surface area contributed by atoms with Crippen molar-refractivity contribution in [2.75, 3.05) is 33.0 Å². The number of unbranched alkanes of at least 4 members (excludes halogenated alkanes) is 1. The van der Waals surface area contributed by atoms with Crippen LogP contribution in [0.3, 0.4) is 0 Å². The number of nitrogens with one attached hydrogen (secondary N) is 1. The van der Waals surface area contributed by atoms with Gasteiger partial charge in [0.1, 0.15) is 5.75 Å². The van der Waals surface area contributed by atoms with Crippen molar-refractivity contribution in [2.24, 2.45) is 0 Å². The maximum atomic E-state index is 12.3. The van der Waals surface area contributed by atoms with E-state index < -0.39 is 20.0 Å². The number of halogens is 1. The minimum absolute atomic E-state index is 0.00670. The van der Waals surface area contributed by atoms with Gasteiger partial charge in [-0.25, -0.2) is 25.9 Å². The first-order valence-corrected chi connectivity index (χ1v) is 11.1. The topological polar surface area (TPSA) is 92.8 Å². The molecule has 24 heavy (non-hydrogen) atoms. The first kappa shape index (κ1) is 21.2. The molecule has 0 atom stereocenters.